The largest absolute Gasteiger partial charge is 0.492 e. The molecule has 9 nitrogen and oxygen atoms in total. The van der Waals surface area contributed by atoms with Gasteiger partial charge < -0.3 is 15.1 Å². The summed E-state index contributed by atoms with van der Waals surface area (Å²) < 4.78 is 30.1. The van der Waals surface area contributed by atoms with Crippen molar-refractivity contribution in [2.24, 2.45) is 0 Å². The smallest absolute Gasteiger partial charge is 0.475 e. The van der Waals surface area contributed by atoms with E-state index in [0.717, 1.165) is 11.1 Å². The van der Waals surface area contributed by atoms with Crippen molar-refractivity contribution >= 4 is 13.8 Å². The van der Waals surface area contributed by atoms with Crippen LogP contribution in [0.15, 0.2) is 72.8 Å². The molecule has 0 radical (unpaired) electrons. The number of aromatic nitrogens is 1. The van der Waals surface area contributed by atoms with E-state index in [4.69, 9.17) is 18.4 Å². The lowest BCUT2D eigenvalue weighted by Crippen LogP contribution is -2.19. The number of phosphoric ester groups is 1. The van der Waals surface area contributed by atoms with Crippen LogP contribution in [0.5, 0.6) is 11.8 Å². The highest BCUT2D eigenvalue weighted by atomic mass is 31.2. The van der Waals surface area contributed by atoms with E-state index in [2.05, 4.69) is 0 Å². The fraction of sp³-hybridized carbons (Fsp3) is 0.227. The van der Waals surface area contributed by atoms with E-state index >= 15 is 0 Å². The van der Waals surface area contributed by atoms with Crippen molar-refractivity contribution in [3.05, 3.63) is 83.9 Å². The van der Waals surface area contributed by atoms with Gasteiger partial charge in [0.25, 0.3) is 0 Å². The van der Waals surface area contributed by atoms with Crippen LogP contribution < -0.4 is 4.84 Å². The first-order valence-corrected chi connectivity index (χ1v) is 11.3. The maximum Gasteiger partial charge on any atom is 0.475 e. The number of hydrogen-bond acceptors (Lipinski definition) is 8. The van der Waals surface area contributed by atoms with Crippen molar-refractivity contribution < 1.29 is 38.0 Å². The molecular weight excluding hydrogens is 437 g/mol. The molecule has 0 unspecified atom stereocenters. The monoisotopic (exact) mass is 461 g/mol. The SMILES string of the molecule is O=C(CCCOP(=O)(OCc1ccccc1)OCc1ccccc1)On1c(O)ccc1O. The summed E-state index contributed by atoms with van der Waals surface area (Å²) in [6.45, 7) is -0.0398. The molecule has 0 bridgehead atoms. The Balaban J connectivity index is 1.51. The average Bonchev–Trinajstić information content (AvgIpc) is 3.13. The summed E-state index contributed by atoms with van der Waals surface area (Å²) in [4.78, 5) is 16.8. The van der Waals surface area contributed by atoms with Crippen LogP contribution in [0.4, 0.5) is 0 Å². The van der Waals surface area contributed by atoms with E-state index in [1.165, 1.54) is 12.1 Å². The van der Waals surface area contributed by atoms with Crippen molar-refractivity contribution in [3.63, 3.8) is 0 Å². The van der Waals surface area contributed by atoms with Gasteiger partial charge in [0.1, 0.15) is 0 Å². The third kappa shape index (κ3) is 7.25. The van der Waals surface area contributed by atoms with E-state index in [9.17, 15) is 19.6 Å². The molecule has 10 heteroatoms. The first-order chi connectivity index (χ1) is 15.5. The first kappa shape index (κ1) is 23.6. The Morgan fingerprint density at radius 2 is 1.28 bits per heavy atom. The first-order valence-electron chi connectivity index (χ1n) is 9.87. The number of phosphoric acid groups is 1. The number of carbonyl (C=O) groups is 1. The van der Waals surface area contributed by atoms with Gasteiger partial charge in [0, 0.05) is 12.1 Å². The molecule has 2 aromatic carbocycles. The van der Waals surface area contributed by atoms with Crippen LogP contribution in [-0.2, 0) is 36.1 Å². The van der Waals surface area contributed by atoms with Gasteiger partial charge >= 0.3 is 13.8 Å². The van der Waals surface area contributed by atoms with E-state index in [0.29, 0.717) is 4.73 Å². The van der Waals surface area contributed by atoms with Gasteiger partial charge in [-0.15, -0.1) is 4.73 Å². The van der Waals surface area contributed by atoms with Gasteiger partial charge in [-0.3, -0.25) is 13.6 Å². The number of carbonyl (C=O) groups excluding carboxylic acids is 1. The minimum atomic E-state index is -3.92. The molecule has 2 N–H and O–H groups in total. The van der Waals surface area contributed by atoms with Gasteiger partial charge in [0.15, 0.2) is 0 Å². The van der Waals surface area contributed by atoms with E-state index in [1.54, 1.807) is 0 Å². The molecule has 0 atom stereocenters. The second-order valence-electron chi connectivity index (χ2n) is 6.71. The van der Waals surface area contributed by atoms with Crippen molar-refractivity contribution in [2.45, 2.75) is 26.1 Å². The predicted octanol–water partition coefficient (Wildman–Crippen LogP) is 4.19. The van der Waals surface area contributed by atoms with E-state index in [-0.39, 0.29) is 32.7 Å². The van der Waals surface area contributed by atoms with Crippen molar-refractivity contribution in [3.8, 4) is 11.8 Å². The minimum absolute atomic E-state index is 0.0289. The molecule has 0 spiro atoms. The molecule has 1 aromatic heterocycles. The Kier molecular flexibility index (Phi) is 8.47. The average molecular weight is 461 g/mol. The van der Waals surface area contributed by atoms with Crippen molar-refractivity contribution in [1.29, 1.82) is 0 Å². The molecule has 0 saturated heterocycles. The molecule has 0 saturated carbocycles. The Bertz CT molecular complexity index is 972. The maximum absolute atomic E-state index is 13.1. The third-order valence-electron chi connectivity index (χ3n) is 4.23. The molecule has 170 valence electrons. The zero-order chi connectivity index (χ0) is 22.8. The molecule has 0 aliphatic rings. The zero-order valence-corrected chi connectivity index (χ0v) is 18.1. The molecule has 1 heterocycles. The third-order valence-corrected chi connectivity index (χ3v) is 5.62. The topological polar surface area (TPSA) is 116 Å². The predicted molar refractivity (Wildman–Crippen MR) is 115 cm³/mol. The van der Waals surface area contributed by atoms with Crippen LogP contribution >= 0.6 is 7.82 Å². The quantitative estimate of drug-likeness (QED) is 0.305. The Labute approximate surface area is 185 Å². The minimum Gasteiger partial charge on any atom is -0.492 e. The normalized spacial score (nSPS) is 11.4. The maximum atomic E-state index is 13.1. The standard InChI is InChI=1S/C22H24NO8P/c24-20-13-14-21(25)23(20)31-22(26)12-7-15-28-32(27,29-16-18-8-3-1-4-9-18)30-17-19-10-5-2-6-11-19/h1-6,8-11,13-14,24-25H,7,12,15-17H2. The molecule has 32 heavy (non-hydrogen) atoms. The van der Waals surface area contributed by atoms with Crippen LogP contribution in [0.1, 0.15) is 24.0 Å². The highest BCUT2D eigenvalue weighted by Gasteiger charge is 2.27. The van der Waals surface area contributed by atoms with Gasteiger partial charge in [-0.2, -0.15) is 0 Å². The van der Waals surface area contributed by atoms with Gasteiger partial charge in [0.05, 0.1) is 26.2 Å². The fourth-order valence-corrected chi connectivity index (χ4v) is 3.79. The number of benzene rings is 2. The Morgan fingerprint density at radius 1 is 0.781 bits per heavy atom. The lowest BCUT2D eigenvalue weighted by Gasteiger charge is -2.18. The van der Waals surface area contributed by atoms with Crippen molar-refractivity contribution in [2.75, 3.05) is 6.61 Å². The van der Waals surface area contributed by atoms with E-state index in [1.807, 2.05) is 60.7 Å². The van der Waals surface area contributed by atoms with Crippen LogP contribution in [-0.4, -0.2) is 27.5 Å². The molecule has 0 fully saturated rings. The summed E-state index contributed by atoms with van der Waals surface area (Å²) in [7, 11) is -3.92. The Morgan fingerprint density at radius 3 is 1.78 bits per heavy atom. The summed E-state index contributed by atoms with van der Waals surface area (Å²) >= 11 is 0. The number of rotatable bonds is 12. The summed E-state index contributed by atoms with van der Waals surface area (Å²) in [6, 6.07) is 20.7. The molecule has 3 rings (SSSR count). The summed E-state index contributed by atoms with van der Waals surface area (Å²) in [5, 5.41) is 19.0. The van der Waals surface area contributed by atoms with Gasteiger partial charge in [-0.25, -0.2) is 9.36 Å². The molecule has 0 amide bonds. The van der Waals surface area contributed by atoms with Crippen LogP contribution in [0.25, 0.3) is 0 Å². The molecule has 3 aromatic rings. The van der Waals surface area contributed by atoms with Gasteiger partial charge in [-0.05, 0) is 17.5 Å². The summed E-state index contributed by atoms with van der Waals surface area (Å²) in [5.41, 5.74) is 1.60. The molecule has 0 aliphatic heterocycles. The Hall–Kier alpha value is -3.10. The number of aromatic hydroxyl groups is 2. The van der Waals surface area contributed by atoms with Gasteiger partial charge in [0.2, 0.25) is 11.8 Å². The highest BCUT2D eigenvalue weighted by Crippen LogP contribution is 2.51. The lowest BCUT2D eigenvalue weighted by molar-refractivity contribution is -0.145. The van der Waals surface area contributed by atoms with Crippen LogP contribution in [0.2, 0.25) is 0 Å². The van der Waals surface area contributed by atoms with E-state index < -0.39 is 25.6 Å². The highest BCUT2D eigenvalue weighted by molar-refractivity contribution is 7.48. The number of nitrogens with zero attached hydrogens (tertiary/aromatic N) is 1. The van der Waals surface area contributed by atoms with Crippen molar-refractivity contribution in [1.82, 2.24) is 4.73 Å². The number of hydrogen-bond donors (Lipinski definition) is 2. The van der Waals surface area contributed by atoms with Crippen LogP contribution in [0, 0.1) is 0 Å². The lowest BCUT2D eigenvalue weighted by atomic mass is 10.2. The molecular formula is C22H24NO8P. The fourth-order valence-electron chi connectivity index (χ4n) is 2.60. The van der Waals surface area contributed by atoms with Gasteiger partial charge in [-0.1, -0.05) is 60.7 Å². The summed E-state index contributed by atoms with van der Waals surface area (Å²) in [5.74, 6) is -1.55. The van der Waals surface area contributed by atoms with Crippen LogP contribution in [0.3, 0.4) is 0 Å². The second kappa shape index (κ2) is 11.5. The molecule has 0 aliphatic carbocycles. The summed E-state index contributed by atoms with van der Waals surface area (Å²) in [6.07, 6.45) is 0.0312. The zero-order valence-electron chi connectivity index (χ0n) is 17.2. The second-order valence-corrected chi connectivity index (χ2v) is 8.38.